The lowest BCUT2D eigenvalue weighted by Crippen LogP contribution is -2.50. The van der Waals surface area contributed by atoms with Gasteiger partial charge in [0.1, 0.15) is 6.04 Å². The van der Waals surface area contributed by atoms with Crippen LogP contribution in [0.25, 0.3) is 0 Å². The average Bonchev–Trinajstić information content (AvgIpc) is 2.79. The molecule has 3 N–H and O–H groups in total. The highest BCUT2D eigenvalue weighted by atomic mass is 16.3. The summed E-state index contributed by atoms with van der Waals surface area (Å²) in [7, 11) is 0. The monoisotopic (exact) mass is 242 g/mol. The Kier molecular flexibility index (Phi) is 5.97. The molecule has 0 heterocycles. The van der Waals surface area contributed by atoms with Gasteiger partial charge in [-0.15, -0.1) is 0 Å². The van der Waals surface area contributed by atoms with Crippen LogP contribution in [0.4, 0.5) is 0 Å². The summed E-state index contributed by atoms with van der Waals surface area (Å²) in [5, 5.41) is 14.1. The van der Waals surface area contributed by atoms with Crippen molar-refractivity contribution in [3.63, 3.8) is 0 Å². The number of hydrogen-bond donors (Lipinski definition) is 3. The fourth-order valence-electron chi connectivity index (χ4n) is 2.31. The number of carbonyl (C=O) groups excluding carboxylic acids is 2. The zero-order valence-electron chi connectivity index (χ0n) is 10.4. The summed E-state index contributed by atoms with van der Waals surface area (Å²) in [6, 6.07) is -0.409. The van der Waals surface area contributed by atoms with Crippen LogP contribution in [0.1, 0.15) is 39.0 Å². The first-order valence-electron chi connectivity index (χ1n) is 6.31. The van der Waals surface area contributed by atoms with Crippen molar-refractivity contribution >= 4 is 11.8 Å². The molecule has 17 heavy (non-hydrogen) atoms. The number of aliphatic hydroxyl groups excluding tert-OH is 1. The van der Waals surface area contributed by atoms with Crippen molar-refractivity contribution in [2.45, 2.75) is 45.1 Å². The minimum Gasteiger partial charge on any atom is -0.396 e. The molecule has 0 saturated heterocycles. The Balaban J connectivity index is 2.48. The Hall–Kier alpha value is -1.10. The number of carbonyl (C=O) groups is 2. The van der Waals surface area contributed by atoms with Crippen LogP contribution >= 0.6 is 0 Å². The number of aliphatic hydroxyl groups is 1. The summed E-state index contributed by atoms with van der Waals surface area (Å²) in [5.41, 5.74) is 0. The second-order valence-electron chi connectivity index (χ2n) is 4.59. The van der Waals surface area contributed by atoms with E-state index in [0.29, 0.717) is 13.0 Å². The molecule has 1 aliphatic carbocycles. The Morgan fingerprint density at radius 1 is 1.35 bits per heavy atom. The van der Waals surface area contributed by atoms with Crippen LogP contribution in [0.15, 0.2) is 0 Å². The van der Waals surface area contributed by atoms with Gasteiger partial charge in [-0.05, 0) is 25.2 Å². The van der Waals surface area contributed by atoms with E-state index in [1.807, 2.05) is 0 Å². The average molecular weight is 242 g/mol. The number of hydrogen-bond acceptors (Lipinski definition) is 3. The van der Waals surface area contributed by atoms with Gasteiger partial charge in [-0.2, -0.15) is 0 Å². The normalized spacial score (nSPS) is 17.8. The summed E-state index contributed by atoms with van der Waals surface area (Å²) >= 11 is 0. The molecule has 0 aromatic rings. The quantitative estimate of drug-likeness (QED) is 0.581. The molecule has 1 saturated carbocycles. The Bertz CT molecular complexity index is 262. The second-order valence-corrected chi connectivity index (χ2v) is 4.59. The van der Waals surface area contributed by atoms with Gasteiger partial charge in [0, 0.05) is 20.1 Å². The van der Waals surface area contributed by atoms with Crippen molar-refractivity contribution in [1.82, 2.24) is 10.6 Å². The highest BCUT2D eigenvalue weighted by molar-refractivity contribution is 5.87. The standard InChI is InChI=1S/C12H22N2O3/c1-9(16)14-11(10-5-2-3-6-10)12(17)13-7-4-8-15/h10-11,15H,2-8H2,1H3,(H,13,17)(H,14,16). The summed E-state index contributed by atoms with van der Waals surface area (Å²) < 4.78 is 0. The highest BCUT2D eigenvalue weighted by Crippen LogP contribution is 2.27. The Morgan fingerprint density at radius 2 is 2.00 bits per heavy atom. The van der Waals surface area contributed by atoms with E-state index in [1.54, 1.807) is 0 Å². The molecule has 5 nitrogen and oxygen atoms in total. The first-order valence-corrected chi connectivity index (χ1v) is 6.31. The predicted octanol–water partition coefficient (Wildman–Crippen LogP) is 0.180. The number of rotatable bonds is 6. The third-order valence-corrected chi connectivity index (χ3v) is 3.15. The van der Waals surface area contributed by atoms with Gasteiger partial charge in [-0.1, -0.05) is 12.8 Å². The summed E-state index contributed by atoms with van der Waals surface area (Å²) in [6.45, 7) is 1.95. The topological polar surface area (TPSA) is 78.4 Å². The van der Waals surface area contributed by atoms with Crippen molar-refractivity contribution in [2.75, 3.05) is 13.2 Å². The van der Waals surface area contributed by atoms with E-state index in [0.717, 1.165) is 25.7 Å². The maximum absolute atomic E-state index is 11.9. The predicted molar refractivity (Wildman–Crippen MR) is 64.3 cm³/mol. The van der Waals surface area contributed by atoms with Crippen LogP contribution < -0.4 is 10.6 Å². The zero-order valence-corrected chi connectivity index (χ0v) is 10.4. The molecule has 0 aromatic heterocycles. The van der Waals surface area contributed by atoms with Crippen LogP contribution in [0.5, 0.6) is 0 Å². The summed E-state index contributed by atoms with van der Waals surface area (Å²) in [6.07, 6.45) is 4.80. The molecule has 1 atom stereocenters. The summed E-state index contributed by atoms with van der Waals surface area (Å²) in [5.74, 6) is -0.0345. The lowest BCUT2D eigenvalue weighted by Gasteiger charge is -2.23. The van der Waals surface area contributed by atoms with E-state index < -0.39 is 6.04 Å². The molecule has 0 bridgehead atoms. The van der Waals surface area contributed by atoms with Crippen LogP contribution in [0.3, 0.4) is 0 Å². The maximum Gasteiger partial charge on any atom is 0.242 e. The summed E-state index contributed by atoms with van der Waals surface area (Å²) in [4.78, 5) is 23.0. The lowest BCUT2D eigenvalue weighted by atomic mass is 9.97. The lowest BCUT2D eigenvalue weighted by molar-refractivity contribution is -0.129. The van der Waals surface area contributed by atoms with Gasteiger partial charge in [0.2, 0.25) is 11.8 Å². The molecule has 1 rings (SSSR count). The van der Waals surface area contributed by atoms with Crippen LogP contribution in [-0.2, 0) is 9.59 Å². The van der Waals surface area contributed by atoms with Gasteiger partial charge in [-0.25, -0.2) is 0 Å². The first-order chi connectivity index (χ1) is 8.15. The van der Waals surface area contributed by atoms with E-state index in [9.17, 15) is 9.59 Å². The molecule has 98 valence electrons. The largest absolute Gasteiger partial charge is 0.396 e. The van der Waals surface area contributed by atoms with Crippen LogP contribution in [-0.4, -0.2) is 36.1 Å². The zero-order chi connectivity index (χ0) is 12.7. The van der Waals surface area contributed by atoms with Crippen molar-refractivity contribution < 1.29 is 14.7 Å². The molecule has 2 amide bonds. The molecule has 0 radical (unpaired) electrons. The molecule has 1 unspecified atom stereocenters. The number of nitrogens with one attached hydrogen (secondary N) is 2. The van der Waals surface area contributed by atoms with Crippen LogP contribution in [0, 0.1) is 5.92 Å². The van der Waals surface area contributed by atoms with Gasteiger partial charge < -0.3 is 15.7 Å². The van der Waals surface area contributed by atoms with E-state index in [-0.39, 0.29) is 24.3 Å². The molecule has 0 aliphatic heterocycles. The van der Waals surface area contributed by atoms with Gasteiger partial charge >= 0.3 is 0 Å². The molecule has 0 spiro atoms. The van der Waals surface area contributed by atoms with Gasteiger partial charge in [-0.3, -0.25) is 9.59 Å². The third-order valence-electron chi connectivity index (χ3n) is 3.15. The SMILES string of the molecule is CC(=O)NC(C(=O)NCCCO)C1CCCC1. The molecule has 1 fully saturated rings. The van der Waals surface area contributed by atoms with Crippen LogP contribution in [0.2, 0.25) is 0 Å². The minimum absolute atomic E-state index is 0.0640. The van der Waals surface area contributed by atoms with E-state index in [2.05, 4.69) is 10.6 Å². The van der Waals surface area contributed by atoms with E-state index in [1.165, 1.54) is 6.92 Å². The smallest absolute Gasteiger partial charge is 0.242 e. The Morgan fingerprint density at radius 3 is 2.53 bits per heavy atom. The van der Waals surface area contributed by atoms with Gasteiger partial charge in [0.15, 0.2) is 0 Å². The van der Waals surface area contributed by atoms with Crippen molar-refractivity contribution in [3.8, 4) is 0 Å². The molecule has 5 heteroatoms. The third kappa shape index (κ3) is 4.73. The van der Waals surface area contributed by atoms with Gasteiger partial charge in [0.25, 0.3) is 0 Å². The van der Waals surface area contributed by atoms with Crippen molar-refractivity contribution in [3.05, 3.63) is 0 Å². The second kappa shape index (κ2) is 7.27. The minimum atomic E-state index is -0.409. The highest BCUT2D eigenvalue weighted by Gasteiger charge is 2.30. The maximum atomic E-state index is 11.9. The van der Waals surface area contributed by atoms with Crippen molar-refractivity contribution in [1.29, 1.82) is 0 Å². The fraction of sp³-hybridized carbons (Fsp3) is 0.833. The first kappa shape index (κ1) is 14.0. The molecule has 1 aliphatic rings. The van der Waals surface area contributed by atoms with E-state index >= 15 is 0 Å². The fourth-order valence-corrected chi connectivity index (χ4v) is 2.31. The van der Waals surface area contributed by atoms with Crippen molar-refractivity contribution in [2.24, 2.45) is 5.92 Å². The molecule has 0 aromatic carbocycles. The molecular formula is C12H22N2O3. The van der Waals surface area contributed by atoms with Gasteiger partial charge in [0.05, 0.1) is 0 Å². The van der Waals surface area contributed by atoms with E-state index in [4.69, 9.17) is 5.11 Å². The Labute approximate surface area is 102 Å². The number of amides is 2. The molecular weight excluding hydrogens is 220 g/mol.